The van der Waals surface area contributed by atoms with E-state index in [0.29, 0.717) is 13.0 Å². The first-order valence-corrected chi connectivity index (χ1v) is 13.1. The summed E-state index contributed by atoms with van der Waals surface area (Å²) in [7, 11) is 0. The molecule has 0 N–H and O–H groups in total. The van der Waals surface area contributed by atoms with Crippen molar-refractivity contribution in [1.29, 1.82) is 0 Å². The molecule has 35 heavy (non-hydrogen) atoms. The molecule has 188 valence electrons. The third-order valence-corrected chi connectivity index (χ3v) is 6.67. The molecule has 0 radical (unpaired) electrons. The van der Waals surface area contributed by atoms with Gasteiger partial charge in [-0.1, -0.05) is 33.1 Å². The maximum absolute atomic E-state index is 13.5. The molecule has 1 amide bonds. The lowest BCUT2D eigenvalue weighted by Crippen LogP contribution is -2.35. The molecule has 0 bridgehead atoms. The molecule has 3 aromatic rings. The first kappa shape index (κ1) is 25.1. The first-order valence-electron chi connectivity index (χ1n) is 13.1. The monoisotopic (exact) mass is 480 g/mol. The molecule has 1 fully saturated rings. The fourth-order valence-electron chi connectivity index (χ4n) is 4.77. The third kappa shape index (κ3) is 5.80. The number of carbonyl (C=O) groups excluding carboxylic acids is 1. The lowest BCUT2D eigenvalue weighted by Gasteiger charge is -2.24. The van der Waals surface area contributed by atoms with Crippen LogP contribution in [0, 0.1) is 12.7 Å². The van der Waals surface area contributed by atoms with E-state index in [4.69, 9.17) is 15.1 Å². The molecular weight excluding hydrogens is 443 g/mol. The first-order chi connectivity index (χ1) is 17.0. The van der Waals surface area contributed by atoms with Gasteiger partial charge in [0, 0.05) is 39.0 Å². The van der Waals surface area contributed by atoms with E-state index in [-0.39, 0.29) is 11.7 Å². The normalized spacial score (nSPS) is 14.5. The number of carbonyl (C=O) groups is 1. The number of hydrogen-bond donors (Lipinski definition) is 0. The van der Waals surface area contributed by atoms with E-state index in [1.165, 1.54) is 25.0 Å². The van der Waals surface area contributed by atoms with E-state index in [2.05, 4.69) is 18.7 Å². The van der Waals surface area contributed by atoms with Crippen LogP contribution >= 0.6 is 0 Å². The van der Waals surface area contributed by atoms with Crippen molar-refractivity contribution in [1.82, 2.24) is 24.6 Å². The highest BCUT2D eigenvalue weighted by molar-refractivity contribution is 5.91. The highest BCUT2D eigenvalue weighted by atomic mass is 19.1. The fourth-order valence-corrected chi connectivity index (χ4v) is 4.77. The molecule has 4 rings (SSSR count). The van der Waals surface area contributed by atoms with Gasteiger partial charge in [-0.3, -0.25) is 4.79 Å². The van der Waals surface area contributed by atoms with Gasteiger partial charge in [0.25, 0.3) is 0 Å². The summed E-state index contributed by atoms with van der Waals surface area (Å²) < 4.78 is 15.3. The van der Waals surface area contributed by atoms with E-state index < -0.39 is 0 Å². The molecule has 0 aliphatic carbocycles. The van der Waals surface area contributed by atoms with Crippen molar-refractivity contribution in [3.63, 3.8) is 0 Å². The average Bonchev–Trinajstić information content (AvgIpc) is 3.02. The Hall–Kier alpha value is -3.03. The number of benzene rings is 1. The number of unbranched alkanes of at least 4 members (excludes halogenated alkanes) is 3. The van der Waals surface area contributed by atoms with Gasteiger partial charge in [-0.25, -0.2) is 19.0 Å². The van der Waals surface area contributed by atoms with Gasteiger partial charge in [-0.15, -0.1) is 0 Å². The molecule has 0 atom stereocenters. The van der Waals surface area contributed by atoms with Crippen LogP contribution in [0.2, 0.25) is 0 Å². The Bertz CT molecular complexity index is 1140. The largest absolute Gasteiger partial charge is 0.354 e. The second-order valence-electron chi connectivity index (χ2n) is 9.42. The number of hydrogen-bond acceptors (Lipinski definition) is 5. The number of aromatic nitrogens is 4. The van der Waals surface area contributed by atoms with Crippen LogP contribution in [0.3, 0.4) is 0 Å². The number of fused-ring (bicyclic) bond motifs is 1. The quantitative estimate of drug-likeness (QED) is 0.393. The summed E-state index contributed by atoms with van der Waals surface area (Å²) in [6, 6.07) is 6.32. The van der Waals surface area contributed by atoms with Crippen LogP contribution in [0.5, 0.6) is 0 Å². The Balaban J connectivity index is 1.62. The number of aryl methyl sites for hydroxylation is 2. The fraction of sp³-hybridized carbons (Fsp3) is 0.556. The van der Waals surface area contributed by atoms with E-state index in [9.17, 15) is 9.18 Å². The summed E-state index contributed by atoms with van der Waals surface area (Å²) in [6.07, 6.45) is 7.72. The highest BCUT2D eigenvalue weighted by Gasteiger charge is 2.24. The number of rotatable bonds is 9. The molecule has 2 aromatic heterocycles. The molecule has 1 aromatic carbocycles. The molecule has 0 unspecified atom stereocenters. The third-order valence-electron chi connectivity index (χ3n) is 6.67. The Morgan fingerprint density at radius 2 is 1.77 bits per heavy atom. The van der Waals surface area contributed by atoms with E-state index in [1.54, 1.807) is 16.8 Å². The van der Waals surface area contributed by atoms with Crippen LogP contribution in [0.15, 0.2) is 24.3 Å². The number of nitrogens with zero attached hydrogens (tertiary/aromatic N) is 6. The van der Waals surface area contributed by atoms with Crippen molar-refractivity contribution in [2.75, 3.05) is 31.1 Å². The topological polar surface area (TPSA) is 67.2 Å². The zero-order valence-corrected chi connectivity index (χ0v) is 21.3. The minimum atomic E-state index is -0.280. The summed E-state index contributed by atoms with van der Waals surface area (Å²) in [5.41, 5.74) is 2.36. The SMILES string of the molecule is CCCCCCC(=O)N1CCCN(c2nc(CCC)nc3c2c(C)nn3-c2ccc(F)cc2)CC1. The number of halogens is 1. The van der Waals surface area contributed by atoms with E-state index >= 15 is 0 Å². The van der Waals surface area contributed by atoms with Crippen LogP contribution < -0.4 is 4.90 Å². The summed E-state index contributed by atoms with van der Waals surface area (Å²) in [5, 5.41) is 5.69. The maximum Gasteiger partial charge on any atom is 0.222 e. The zero-order chi connectivity index (χ0) is 24.8. The van der Waals surface area contributed by atoms with Crippen LogP contribution in [0.4, 0.5) is 10.2 Å². The minimum absolute atomic E-state index is 0.266. The smallest absolute Gasteiger partial charge is 0.222 e. The van der Waals surface area contributed by atoms with Gasteiger partial charge in [-0.2, -0.15) is 5.10 Å². The number of amides is 1. The van der Waals surface area contributed by atoms with Crippen molar-refractivity contribution in [3.8, 4) is 5.69 Å². The predicted molar refractivity (Wildman–Crippen MR) is 138 cm³/mol. The second-order valence-corrected chi connectivity index (χ2v) is 9.42. The molecule has 7 nitrogen and oxygen atoms in total. The van der Waals surface area contributed by atoms with Crippen molar-refractivity contribution >= 4 is 22.8 Å². The average molecular weight is 481 g/mol. The van der Waals surface area contributed by atoms with Gasteiger partial charge >= 0.3 is 0 Å². The van der Waals surface area contributed by atoms with Gasteiger partial charge < -0.3 is 9.80 Å². The van der Waals surface area contributed by atoms with Crippen LogP contribution in [-0.2, 0) is 11.2 Å². The van der Waals surface area contributed by atoms with Crippen LogP contribution in [0.1, 0.15) is 70.3 Å². The highest BCUT2D eigenvalue weighted by Crippen LogP contribution is 2.30. The van der Waals surface area contributed by atoms with Crippen molar-refractivity contribution in [2.45, 2.75) is 72.1 Å². The molecule has 0 spiro atoms. The Labute approximate surface area is 207 Å². The standard InChI is InChI=1S/C27H37FN6O/c1-4-6-7-8-11-24(35)32-16-9-17-33(19-18-32)26-25-20(3)31-34(22-14-12-21(28)13-15-22)27(25)30-23(29-26)10-5-2/h12-15H,4-11,16-19H2,1-3H3. The van der Waals surface area contributed by atoms with Gasteiger partial charge in [0.1, 0.15) is 17.5 Å². The van der Waals surface area contributed by atoms with E-state index in [1.807, 2.05) is 11.8 Å². The summed E-state index contributed by atoms with van der Waals surface area (Å²) >= 11 is 0. The Kier molecular flexibility index (Phi) is 8.31. The van der Waals surface area contributed by atoms with Gasteiger partial charge in [0.2, 0.25) is 5.91 Å². The van der Waals surface area contributed by atoms with Gasteiger partial charge in [-0.05, 0) is 50.5 Å². The Morgan fingerprint density at radius 1 is 0.971 bits per heavy atom. The minimum Gasteiger partial charge on any atom is -0.354 e. The molecule has 3 heterocycles. The van der Waals surface area contributed by atoms with Gasteiger partial charge in [0.15, 0.2) is 5.65 Å². The molecule has 1 aliphatic rings. The summed E-state index contributed by atoms with van der Waals surface area (Å²) in [4.78, 5) is 26.9. The Morgan fingerprint density at radius 3 is 2.51 bits per heavy atom. The van der Waals surface area contributed by atoms with Crippen molar-refractivity contribution in [3.05, 3.63) is 41.6 Å². The molecule has 1 saturated heterocycles. The van der Waals surface area contributed by atoms with Gasteiger partial charge in [0.05, 0.1) is 16.8 Å². The van der Waals surface area contributed by atoms with E-state index in [0.717, 1.165) is 85.8 Å². The molecule has 8 heteroatoms. The lowest BCUT2D eigenvalue weighted by atomic mass is 10.1. The summed E-state index contributed by atoms with van der Waals surface area (Å²) in [5.74, 6) is 1.66. The maximum atomic E-state index is 13.5. The zero-order valence-electron chi connectivity index (χ0n) is 21.3. The summed E-state index contributed by atoms with van der Waals surface area (Å²) in [6.45, 7) is 9.33. The van der Waals surface area contributed by atoms with Crippen molar-refractivity contribution in [2.24, 2.45) is 0 Å². The molecule has 1 aliphatic heterocycles. The number of anilines is 1. The van der Waals surface area contributed by atoms with Crippen molar-refractivity contribution < 1.29 is 9.18 Å². The lowest BCUT2D eigenvalue weighted by molar-refractivity contribution is -0.131. The molecule has 0 saturated carbocycles. The molecular formula is C27H37FN6O. The van der Waals surface area contributed by atoms with Crippen LogP contribution in [-0.4, -0.2) is 56.7 Å². The second kappa shape index (κ2) is 11.6. The van der Waals surface area contributed by atoms with Crippen LogP contribution in [0.25, 0.3) is 16.7 Å². The predicted octanol–water partition coefficient (Wildman–Crippen LogP) is 5.22.